The van der Waals surface area contributed by atoms with Gasteiger partial charge in [0.15, 0.2) is 11.0 Å². The molecule has 3 rings (SSSR count). The van der Waals surface area contributed by atoms with Gasteiger partial charge in [0, 0.05) is 19.4 Å². The lowest BCUT2D eigenvalue weighted by Gasteiger charge is -2.06. The zero-order valence-corrected chi connectivity index (χ0v) is 12.6. The molecule has 0 spiro atoms. The van der Waals surface area contributed by atoms with Gasteiger partial charge in [-0.3, -0.25) is 4.57 Å². The summed E-state index contributed by atoms with van der Waals surface area (Å²) >= 11 is 2.91. The Labute approximate surface area is 127 Å². The lowest BCUT2D eigenvalue weighted by molar-refractivity contribution is 0.0678. The molecule has 3 heterocycles. The van der Waals surface area contributed by atoms with Gasteiger partial charge in [-0.05, 0) is 11.4 Å². The Morgan fingerprint density at radius 1 is 1.38 bits per heavy atom. The van der Waals surface area contributed by atoms with Gasteiger partial charge in [0.1, 0.15) is 5.82 Å². The Hall–Kier alpha value is -1.74. The van der Waals surface area contributed by atoms with Gasteiger partial charge in [-0.2, -0.15) is 8.78 Å². The van der Waals surface area contributed by atoms with E-state index in [1.54, 1.807) is 11.3 Å². The number of halogens is 2. The van der Waals surface area contributed by atoms with Crippen molar-refractivity contribution >= 4 is 23.1 Å². The SMILES string of the molecule is Cn1c(SCc2nccn2C(F)F)nnc1-c1cccs1. The number of thiophene rings is 1. The van der Waals surface area contributed by atoms with Crippen LogP contribution in [0.2, 0.25) is 0 Å². The summed E-state index contributed by atoms with van der Waals surface area (Å²) in [6.07, 6.45) is 2.64. The molecule has 0 aromatic carbocycles. The van der Waals surface area contributed by atoms with E-state index >= 15 is 0 Å². The van der Waals surface area contributed by atoms with E-state index in [0.717, 1.165) is 15.3 Å². The highest BCUT2D eigenvalue weighted by atomic mass is 32.2. The fraction of sp³-hybridized carbons (Fsp3) is 0.250. The third-order valence-corrected chi connectivity index (χ3v) is 4.75. The fourth-order valence-electron chi connectivity index (χ4n) is 1.82. The van der Waals surface area contributed by atoms with Crippen LogP contribution in [0.15, 0.2) is 35.1 Å². The molecule has 0 atom stereocenters. The molecule has 0 bridgehead atoms. The predicted octanol–water partition coefficient (Wildman–Crippen LogP) is 3.43. The van der Waals surface area contributed by atoms with Crippen LogP contribution >= 0.6 is 23.1 Å². The van der Waals surface area contributed by atoms with Crippen molar-refractivity contribution in [1.29, 1.82) is 0 Å². The second-order valence-corrected chi connectivity index (χ2v) is 6.05. The van der Waals surface area contributed by atoms with E-state index in [0.29, 0.717) is 16.7 Å². The number of alkyl halides is 2. The minimum atomic E-state index is -2.58. The number of hydrogen-bond donors (Lipinski definition) is 0. The maximum absolute atomic E-state index is 12.7. The summed E-state index contributed by atoms with van der Waals surface area (Å²) < 4.78 is 28.2. The molecule has 0 aliphatic rings. The maximum Gasteiger partial charge on any atom is 0.319 e. The summed E-state index contributed by atoms with van der Waals surface area (Å²) in [5, 5.41) is 10.9. The highest BCUT2D eigenvalue weighted by molar-refractivity contribution is 7.98. The molecule has 0 saturated heterocycles. The molecule has 0 radical (unpaired) electrons. The highest BCUT2D eigenvalue weighted by Crippen LogP contribution is 2.27. The Morgan fingerprint density at radius 2 is 2.24 bits per heavy atom. The summed E-state index contributed by atoms with van der Waals surface area (Å²) in [5.41, 5.74) is 0. The molecule has 3 aromatic heterocycles. The largest absolute Gasteiger partial charge is 0.319 e. The first-order valence-corrected chi connectivity index (χ1v) is 7.89. The topological polar surface area (TPSA) is 48.5 Å². The van der Waals surface area contributed by atoms with Crippen LogP contribution in [0.1, 0.15) is 12.4 Å². The minimum Gasteiger partial charge on any atom is -0.304 e. The zero-order valence-electron chi connectivity index (χ0n) is 11.0. The summed E-state index contributed by atoms with van der Waals surface area (Å²) in [7, 11) is 1.86. The van der Waals surface area contributed by atoms with Crippen LogP contribution in [0.3, 0.4) is 0 Å². The number of rotatable bonds is 5. The average molecular weight is 327 g/mol. The summed E-state index contributed by atoms with van der Waals surface area (Å²) in [6.45, 7) is -2.58. The number of hydrogen-bond acceptors (Lipinski definition) is 5. The van der Waals surface area contributed by atoms with Gasteiger partial charge in [-0.1, -0.05) is 17.8 Å². The second kappa shape index (κ2) is 5.94. The van der Waals surface area contributed by atoms with Crippen molar-refractivity contribution in [2.45, 2.75) is 17.5 Å². The lowest BCUT2D eigenvalue weighted by atomic mass is 10.4. The van der Waals surface area contributed by atoms with E-state index in [9.17, 15) is 8.78 Å². The molecule has 3 aromatic rings. The average Bonchev–Trinajstić information content (AvgIpc) is 3.16. The second-order valence-electron chi connectivity index (χ2n) is 4.16. The van der Waals surface area contributed by atoms with Crippen LogP contribution in [0.4, 0.5) is 8.78 Å². The van der Waals surface area contributed by atoms with E-state index < -0.39 is 6.55 Å². The van der Waals surface area contributed by atoms with Gasteiger partial charge in [-0.15, -0.1) is 21.5 Å². The van der Waals surface area contributed by atoms with Crippen molar-refractivity contribution in [3.63, 3.8) is 0 Å². The van der Waals surface area contributed by atoms with Gasteiger partial charge in [-0.25, -0.2) is 4.98 Å². The van der Waals surface area contributed by atoms with E-state index in [1.165, 1.54) is 24.2 Å². The van der Waals surface area contributed by atoms with Crippen molar-refractivity contribution in [3.05, 3.63) is 35.7 Å². The number of imidazole rings is 1. The lowest BCUT2D eigenvalue weighted by Crippen LogP contribution is -2.02. The molecule has 0 aliphatic carbocycles. The Morgan fingerprint density at radius 3 is 2.95 bits per heavy atom. The molecule has 0 unspecified atom stereocenters. The Kier molecular flexibility index (Phi) is 4.02. The Bertz CT molecular complexity index is 720. The van der Waals surface area contributed by atoms with Gasteiger partial charge in [0.05, 0.1) is 10.6 Å². The number of nitrogens with zero attached hydrogens (tertiary/aromatic N) is 5. The monoisotopic (exact) mass is 327 g/mol. The predicted molar refractivity (Wildman–Crippen MR) is 77.4 cm³/mol. The van der Waals surface area contributed by atoms with E-state index in [-0.39, 0.29) is 0 Å². The van der Waals surface area contributed by atoms with Crippen molar-refractivity contribution in [3.8, 4) is 10.7 Å². The quantitative estimate of drug-likeness (QED) is 0.674. The van der Waals surface area contributed by atoms with Gasteiger partial charge in [0.25, 0.3) is 0 Å². The third-order valence-electron chi connectivity index (χ3n) is 2.87. The molecule has 9 heteroatoms. The van der Waals surface area contributed by atoms with Gasteiger partial charge in [0.2, 0.25) is 0 Å². The van der Waals surface area contributed by atoms with Crippen LogP contribution in [0.25, 0.3) is 10.7 Å². The van der Waals surface area contributed by atoms with Crippen LogP contribution in [0, 0.1) is 0 Å². The molecule has 110 valence electrons. The van der Waals surface area contributed by atoms with E-state index in [1.807, 2.05) is 29.1 Å². The van der Waals surface area contributed by atoms with Gasteiger partial charge < -0.3 is 4.57 Å². The third kappa shape index (κ3) is 2.84. The Balaban J connectivity index is 1.76. The molecule has 5 nitrogen and oxygen atoms in total. The van der Waals surface area contributed by atoms with E-state index in [4.69, 9.17) is 0 Å². The van der Waals surface area contributed by atoms with Crippen LogP contribution in [-0.4, -0.2) is 24.3 Å². The van der Waals surface area contributed by atoms with Crippen molar-refractivity contribution in [2.24, 2.45) is 7.05 Å². The molecule has 0 fully saturated rings. The summed E-state index contributed by atoms with van der Waals surface area (Å²) in [5.74, 6) is 1.40. The smallest absolute Gasteiger partial charge is 0.304 e. The van der Waals surface area contributed by atoms with Crippen molar-refractivity contribution in [1.82, 2.24) is 24.3 Å². The number of aromatic nitrogens is 5. The van der Waals surface area contributed by atoms with Gasteiger partial charge >= 0.3 is 6.55 Å². The maximum atomic E-state index is 12.7. The van der Waals surface area contributed by atoms with Crippen molar-refractivity contribution < 1.29 is 8.78 Å². The molecular formula is C12H11F2N5S2. The van der Waals surface area contributed by atoms with Crippen LogP contribution in [-0.2, 0) is 12.8 Å². The van der Waals surface area contributed by atoms with Crippen LogP contribution in [0.5, 0.6) is 0 Å². The molecule has 0 amide bonds. The minimum absolute atomic E-state index is 0.313. The standard InChI is InChI=1S/C12H11F2N5S2/c1-18-10(8-3-2-6-20-8)16-17-12(18)21-7-9-15-4-5-19(9)11(13)14/h2-6,11H,7H2,1H3. The fourth-order valence-corrected chi connectivity index (χ4v) is 3.43. The highest BCUT2D eigenvalue weighted by Gasteiger charge is 2.15. The first kappa shape index (κ1) is 14.2. The molecule has 21 heavy (non-hydrogen) atoms. The normalized spacial score (nSPS) is 11.4. The summed E-state index contributed by atoms with van der Waals surface area (Å²) in [4.78, 5) is 4.96. The van der Waals surface area contributed by atoms with Crippen LogP contribution < -0.4 is 0 Å². The van der Waals surface area contributed by atoms with E-state index in [2.05, 4.69) is 15.2 Å². The zero-order chi connectivity index (χ0) is 14.8. The number of thioether (sulfide) groups is 1. The molecule has 0 N–H and O–H groups in total. The molecule has 0 aliphatic heterocycles. The molecule has 0 saturated carbocycles. The van der Waals surface area contributed by atoms with Crippen molar-refractivity contribution in [2.75, 3.05) is 0 Å². The summed E-state index contributed by atoms with van der Waals surface area (Å²) in [6, 6.07) is 3.91. The molecular weight excluding hydrogens is 316 g/mol. The first-order valence-electron chi connectivity index (χ1n) is 6.02. The first-order chi connectivity index (χ1) is 10.2.